The normalized spacial score (nSPS) is 15.9. The van der Waals surface area contributed by atoms with Crippen LogP contribution < -0.4 is 0 Å². The van der Waals surface area contributed by atoms with Gasteiger partial charge in [0.2, 0.25) is 11.7 Å². The Hall–Kier alpha value is -2.40. The largest absolute Gasteiger partial charge is 0.461 e. The fourth-order valence-corrected chi connectivity index (χ4v) is 2.83. The summed E-state index contributed by atoms with van der Waals surface area (Å²) in [5, 5.41) is 3.98. The summed E-state index contributed by atoms with van der Waals surface area (Å²) >= 11 is 0. The minimum atomic E-state index is 0.320. The molecular weight excluding hydrogens is 278 g/mol. The third-order valence-electron chi connectivity index (χ3n) is 3.98. The van der Waals surface area contributed by atoms with Crippen LogP contribution in [0.3, 0.4) is 0 Å². The highest BCUT2D eigenvalue weighted by molar-refractivity contribution is 5.44. The second-order valence-corrected chi connectivity index (χ2v) is 5.81. The summed E-state index contributed by atoms with van der Waals surface area (Å²) in [5.74, 6) is 2.19. The van der Waals surface area contributed by atoms with Crippen LogP contribution >= 0.6 is 0 Å². The zero-order chi connectivity index (χ0) is 14.9. The average molecular weight is 295 g/mol. The van der Waals surface area contributed by atoms with Gasteiger partial charge in [0, 0.05) is 19.6 Å². The van der Waals surface area contributed by atoms with Gasteiger partial charge in [-0.1, -0.05) is 35.0 Å². The Kier molecular flexibility index (Phi) is 3.27. The van der Waals surface area contributed by atoms with Gasteiger partial charge >= 0.3 is 0 Å². The molecule has 1 fully saturated rings. The summed E-state index contributed by atoms with van der Waals surface area (Å²) in [5.41, 5.74) is 2.65. The van der Waals surface area contributed by atoms with Gasteiger partial charge in [-0.15, -0.1) is 0 Å². The van der Waals surface area contributed by atoms with Crippen LogP contribution in [0.4, 0.5) is 0 Å². The van der Waals surface area contributed by atoms with Crippen LogP contribution in [0.5, 0.6) is 0 Å². The van der Waals surface area contributed by atoms with Crippen LogP contribution in [0.2, 0.25) is 0 Å². The van der Waals surface area contributed by atoms with E-state index in [1.807, 2.05) is 12.1 Å². The number of benzene rings is 1. The molecule has 1 saturated heterocycles. The zero-order valence-electron chi connectivity index (χ0n) is 12.4. The van der Waals surface area contributed by atoms with Gasteiger partial charge < -0.3 is 8.94 Å². The Morgan fingerprint density at radius 3 is 2.91 bits per heavy atom. The summed E-state index contributed by atoms with van der Waals surface area (Å²) in [7, 11) is 0. The quantitative estimate of drug-likeness (QED) is 0.739. The molecular formula is C17H17N3O2. The molecule has 0 unspecified atom stereocenters. The second-order valence-electron chi connectivity index (χ2n) is 5.81. The van der Waals surface area contributed by atoms with Crippen molar-refractivity contribution < 1.29 is 8.94 Å². The minimum Gasteiger partial charge on any atom is -0.461 e. The van der Waals surface area contributed by atoms with Gasteiger partial charge in [0.25, 0.3) is 0 Å². The Balaban J connectivity index is 1.37. The molecule has 0 bridgehead atoms. The molecule has 3 heterocycles. The van der Waals surface area contributed by atoms with E-state index in [1.54, 1.807) is 6.26 Å². The number of hydrogen-bond donors (Lipinski definition) is 0. The van der Waals surface area contributed by atoms with Crippen LogP contribution in [-0.4, -0.2) is 28.1 Å². The van der Waals surface area contributed by atoms with E-state index in [9.17, 15) is 0 Å². The number of rotatable bonds is 4. The van der Waals surface area contributed by atoms with E-state index in [2.05, 4.69) is 46.2 Å². The van der Waals surface area contributed by atoms with Crippen molar-refractivity contribution >= 4 is 0 Å². The van der Waals surface area contributed by atoms with Crippen molar-refractivity contribution in [2.75, 3.05) is 13.1 Å². The SMILES string of the molecule is Cc1cccc(CN2CC(c3nc(-c4ccco4)no3)C2)c1. The zero-order valence-corrected chi connectivity index (χ0v) is 12.4. The molecule has 0 spiro atoms. The number of aryl methyl sites for hydroxylation is 1. The van der Waals surface area contributed by atoms with Crippen molar-refractivity contribution in [3.8, 4) is 11.6 Å². The highest BCUT2D eigenvalue weighted by Crippen LogP contribution is 2.28. The van der Waals surface area contributed by atoms with Crippen LogP contribution in [0.25, 0.3) is 11.6 Å². The Morgan fingerprint density at radius 1 is 1.23 bits per heavy atom. The first-order valence-corrected chi connectivity index (χ1v) is 7.43. The number of nitrogens with zero attached hydrogens (tertiary/aromatic N) is 3. The fourth-order valence-electron chi connectivity index (χ4n) is 2.83. The number of likely N-dealkylation sites (tertiary alicyclic amines) is 1. The minimum absolute atomic E-state index is 0.320. The van der Waals surface area contributed by atoms with E-state index in [4.69, 9.17) is 8.94 Å². The van der Waals surface area contributed by atoms with Crippen LogP contribution in [-0.2, 0) is 6.54 Å². The topological polar surface area (TPSA) is 55.3 Å². The van der Waals surface area contributed by atoms with Gasteiger partial charge in [-0.3, -0.25) is 4.90 Å². The number of aromatic nitrogens is 2. The average Bonchev–Trinajstić information content (AvgIpc) is 3.13. The highest BCUT2D eigenvalue weighted by Gasteiger charge is 2.32. The molecule has 0 N–H and O–H groups in total. The van der Waals surface area contributed by atoms with Gasteiger partial charge in [0.15, 0.2) is 5.76 Å². The van der Waals surface area contributed by atoms with E-state index in [0.29, 0.717) is 23.4 Å². The molecule has 5 heteroatoms. The lowest BCUT2D eigenvalue weighted by Gasteiger charge is -2.37. The van der Waals surface area contributed by atoms with E-state index in [1.165, 1.54) is 11.1 Å². The molecule has 4 rings (SSSR count). The van der Waals surface area contributed by atoms with Crippen LogP contribution in [0.15, 0.2) is 51.6 Å². The fraction of sp³-hybridized carbons (Fsp3) is 0.294. The van der Waals surface area contributed by atoms with E-state index >= 15 is 0 Å². The molecule has 5 nitrogen and oxygen atoms in total. The van der Waals surface area contributed by atoms with Gasteiger partial charge in [0.05, 0.1) is 12.2 Å². The molecule has 1 aromatic carbocycles. The lowest BCUT2D eigenvalue weighted by Crippen LogP contribution is -2.44. The maximum Gasteiger partial charge on any atom is 0.238 e. The summed E-state index contributed by atoms with van der Waals surface area (Å²) in [6.07, 6.45) is 1.61. The third kappa shape index (κ3) is 2.55. The van der Waals surface area contributed by atoms with Crippen LogP contribution in [0.1, 0.15) is 22.9 Å². The van der Waals surface area contributed by atoms with Gasteiger partial charge in [-0.05, 0) is 24.6 Å². The summed E-state index contributed by atoms with van der Waals surface area (Å²) < 4.78 is 10.6. The molecule has 22 heavy (non-hydrogen) atoms. The van der Waals surface area contributed by atoms with Gasteiger partial charge in [0.1, 0.15) is 0 Å². The summed E-state index contributed by atoms with van der Waals surface area (Å²) in [4.78, 5) is 6.82. The van der Waals surface area contributed by atoms with Crippen LogP contribution in [0, 0.1) is 6.92 Å². The number of furan rings is 1. The molecule has 1 aliphatic heterocycles. The smallest absolute Gasteiger partial charge is 0.238 e. The molecule has 0 aliphatic carbocycles. The van der Waals surface area contributed by atoms with Crippen molar-refractivity contribution in [2.24, 2.45) is 0 Å². The molecule has 0 atom stereocenters. The molecule has 0 amide bonds. The van der Waals surface area contributed by atoms with Crippen molar-refractivity contribution in [3.63, 3.8) is 0 Å². The van der Waals surface area contributed by atoms with Gasteiger partial charge in [-0.25, -0.2) is 0 Å². The van der Waals surface area contributed by atoms with Crippen molar-refractivity contribution in [1.29, 1.82) is 0 Å². The molecule has 112 valence electrons. The summed E-state index contributed by atoms with van der Waals surface area (Å²) in [6.45, 7) is 5.00. The molecule has 2 aromatic heterocycles. The Bertz CT molecular complexity index is 758. The second kappa shape index (κ2) is 5.42. The first-order valence-electron chi connectivity index (χ1n) is 7.43. The Labute approximate surface area is 128 Å². The van der Waals surface area contributed by atoms with Crippen molar-refractivity contribution in [3.05, 3.63) is 59.7 Å². The Morgan fingerprint density at radius 2 is 2.14 bits per heavy atom. The molecule has 0 radical (unpaired) electrons. The predicted molar refractivity (Wildman–Crippen MR) is 81.2 cm³/mol. The molecule has 1 aliphatic rings. The van der Waals surface area contributed by atoms with Crippen molar-refractivity contribution in [1.82, 2.24) is 15.0 Å². The first kappa shape index (κ1) is 13.3. The molecule has 3 aromatic rings. The maximum atomic E-state index is 5.36. The predicted octanol–water partition coefficient (Wildman–Crippen LogP) is 3.24. The molecule has 0 saturated carbocycles. The lowest BCUT2D eigenvalue weighted by atomic mass is 9.99. The van der Waals surface area contributed by atoms with Gasteiger partial charge in [-0.2, -0.15) is 4.98 Å². The van der Waals surface area contributed by atoms with E-state index in [-0.39, 0.29) is 0 Å². The first-order chi connectivity index (χ1) is 10.8. The van der Waals surface area contributed by atoms with Crippen molar-refractivity contribution in [2.45, 2.75) is 19.4 Å². The maximum absolute atomic E-state index is 5.36. The summed E-state index contributed by atoms with van der Waals surface area (Å²) in [6, 6.07) is 12.3. The monoisotopic (exact) mass is 295 g/mol. The third-order valence-corrected chi connectivity index (χ3v) is 3.98. The standard InChI is InChI=1S/C17H17N3O2/c1-12-4-2-5-13(8-12)9-20-10-14(11-20)17-18-16(19-22-17)15-6-3-7-21-15/h2-8,14H,9-11H2,1H3. The highest BCUT2D eigenvalue weighted by atomic mass is 16.5. The number of hydrogen-bond acceptors (Lipinski definition) is 5. The van der Waals surface area contributed by atoms with E-state index in [0.717, 1.165) is 19.6 Å². The lowest BCUT2D eigenvalue weighted by molar-refractivity contribution is 0.117. The van der Waals surface area contributed by atoms with E-state index < -0.39 is 0 Å².